The molecule has 0 saturated heterocycles. The summed E-state index contributed by atoms with van der Waals surface area (Å²) in [5, 5.41) is 8.97. The maximum Gasteiger partial charge on any atom is 0.317 e. The summed E-state index contributed by atoms with van der Waals surface area (Å²) in [4.78, 5) is 26.8. The van der Waals surface area contributed by atoms with Gasteiger partial charge >= 0.3 is 5.97 Å². The summed E-state index contributed by atoms with van der Waals surface area (Å²) in [5.41, 5.74) is 0. The summed E-state index contributed by atoms with van der Waals surface area (Å²) < 4.78 is 11.6. The van der Waals surface area contributed by atoms with Crippen molar-refractivity contribution in [1.29, 1.82) is 0 Å². The van der Waals surface area contributed by atoms with Gasteiger partial charge in [0.2, 0.25) is 5.91 Å². The van der Waals surface area contributed by atoms with Gasteiger partial charge in [0.15, 0.2) is 17.6 Å². The number of para-hydroxylation sites is 2. The topological polar surface area (TPSA) is 79.3 Å². The molecule has 138 valence electrons. The van der Waals surface area contributed by atoms with E-state index in [2.05, 4.69) is 0 Å². The van der Waals surface area contributed by atoms with Crippen LogP contribution in [0.4, 0.5) is 0 Å². The molecule has 1 aromatic carbocycles. The number of carbonyl (C=O) groups is 2. The van der Waals surface area contributed by atoms with Crippen molar-refractivity contribution in [1.82, 2.24) is 9.80 Å². The first-order chi connectivity index (χ1) is 12.0. The van der Waals surface area contributed by atoms with Crippen molar-refractivity contribution in [3.05, 3.63) is 24.3 Å². The summed E-state index contributed by atoms with van der Waals surface area (Å²) in [5.74, 6) is 0.369. The Bertz CT molecular complexity index is 593. The van der Waals surface area contributed by atoms with Gasteiger partial charge in [0.1, 0.15) is 6.61 Å². The normalized spacial score (nSPS) is 15.9. The van der Waals surface area contributed by atoms with E-state index in [1.54, 1.807) is 9.80 Å². The molecule has 0 aromatic heterocycles. The average molecular weight is 350 g/mol. The van der Waals surface area contributed by atoms with E-state index >= 15 is 0 Å². The number of nitrogens with zero attached hydrogens (tertiary/aromatic N) is 2. The number of hydrogen-bond acceptors (Lipinski definition) is 5. The lowest BCUT2D eigenvalue weighted by Gasteiger charge is -2.32. The van der Waals surface area contributed by atoms with Crippen molar-refractivity contribution in [2.45, 2.75) is 26.4 Å². The number of hydrogen-bond donors (Lipinski definition) is 1. The molecule has 1 amide bonds. The van der Waals surface area contributed by atoms with E-state index in [1.807, 2.05) is 38.1 Å². The van der Waals surface area contributed by atoms with E-state index in [0.717, 1.165) is 6.42 Å². The van der Waals surface area contributed by atoms with Crippen molar-refractivity contribution >= 4 is 11.9 Å². The predicted molar refractivity (Wildman–Crippen MR) is 93.0 cm³/mol. The quantitative estimate of drug-likeness (QED) is 0.727. The van der Waals surface area contributed by atoms with Gasteiger partial charge in [0, 0.05) is 6.54 Å². The monoisotopic (exact) mass is 350 g/mol. The Morgan fingerprint density at radius 3 is 2.56 bits per heavy atom. The highest BCUT2D eigenvalue weighted by molar-refractivity contribution is 5.79. The minimum absolute atomic E-state index is 0.0954. The van der Waals surface area contributed by atoms with E-state index in [0.29, 0.717) is 37.7 Å². The van der Waals surface area contributed by atoms with E-state index in [4.69, 9.17) is 14.6 Å². The van der Waals surface area contributed by atoms with Crippen LogP contribution in [-0.2, 0) is 9.59 Å². The largest absolute Gasteiger partial charge is 0.486 e. The molecule has 1 aromatic rings. The molecule has 1 unspecified atom stereocenters. The Morgan fingerprint density at radius 2 is 1.92 bits per heavy atom. The van der Waals surface area contributed by atoms with Gasteiger partial charge in [-0.25, -0.2) is 0 Å². The molecule has 0 saturated carbocycles. The molecule has 1 aliphatic heterocycles. The number of fused-ring (bicyclic) bond motifs is 1. The van der Waals surface area contributed by atoms with Crippen LogP contribution >= 0.6 is 0 Å². The van der Waals surface area contributed by atoms with Crippen LogP contribution in [0, 0.1) is 0 Å². The summed E-state index contributed by atoms with van der Waals surface area (Å²) in [7, 11) is 0. The van der Waals surface area contributed by atoms with E-state index < -0.39 is 5.97 Å². The zero-order chi connectivity index (χ0) is 18.2. The van der Waals surface area contributed by atoms with Crippen molar-refractivity contribution in [3.8, 4) is 11.5 Å². The molecular formula is C18H26N2O5. The van der Waals surface area contributed by atoms with Gasteiger partial charge < -0.3 is 19.5 Å². The van der Waals surface area contributed by atoms with Crippen LogP contribution < -0.4 is 9.47 Å². The average Bonchev–Trinajstić information content (AvgIpc) is 2.59. The van der Waals surface area contributed by atoms with Crippen LogP contribution in [0.15, 0.2) is 24.3 Å². The number of rotatable bonds is 9. The van der Waals surface area contributed by atoms with Crippen LogP contribution in [-0.4, -0.2) is 72.2 Å². The smallest absolute Gasteiger partial charge is 0.317 e. The first-order valence-corrected chi connectivity index (χ1v) is 8.63. The van der Waals surface area contributed by atoms with Crippen LogP contribution in [0.2, 0.25) is 0 Å². The Labute approximate surface area is 148 Å². The highest BCUT2D eigenvalue weighted by Crippen LogP contribution is 2.30. The van der Waals surface area contributed by atoms with Gasteiger partial charge in [0.25, 0.3) is 0 Å². The van der Waals surface area contributed by atoms with Gasteiger partial charge in [-0.2, -0.15) is 0 Å². The van der Waals surface area contributed by atoms with Crippen LogP contribution in [0.25, 0.3) is 0 Å². The second-order valence-electron chi connectivity index (χ2n) is 6.03. The Hall–Kier alpha value is -2.28. The highest BCUT2D eigenvalue weighted by Gasteiger charge is 2.25. The number of carbonyl (C=O) groups excluding carboxylic acids is 1. The Morgan fingerprint density at radius 1 is 1.20 bits per heavy atom. The molecule has 1 aliphatic rings. The summed E-state index contributed by atoms with van der Waals surface area (Å²) >= 11 is 0. The maximum atomic E-state index is 12.6. The Kier molecular flexibility index (Phi) is 7.06. The zero-order valence-electron chi connectivity index (χ0n) is 14.8. The molecule has 0 spiro atoms. The number of aliphatic carboxylic acids is 1. The summed E-state index contributed by atoms with van der Waals surface area (Å²) in [6.07, 6.45) is 0.557. The molecule has 0 bridgehead atoms. The van der Waals surface area contributed by atoms with E-state index in [-0.39, 0.29) is 25.1 Å². The Balaban J connectivity index is 1.92. The first-order valence-electron chi connectivity index (χ1n) is 8.63. The number of benzene rings is 1. The van der Waals surface area contributed by atoms with Crippen LogP contribution in [0.1, 0.15) is 20.3 Å². The van der Waals surface area contributed by atoms with Crippen molar-refractivity contribution in [2.24, 2.45) is 0 Å². The van der Waals surface area contributed by atoms with Crippen molar-refractivity contribution in [3.63, 3.8) is 0 Å². The number of carboxylic acid groups (broad SMARTS) is 1. The lowest BCUT2D eigenvalue weighted by Crippen LogP contribution is -2.47. The molecule has 25 heavy (non-hydrogen) atoms. The van der Waals surface area contributed by atoms with Gasteiger partial charge in [-0.3, -0.25) is 14.5 Å². The SMILES string of the molecule is CCCN(CC(=O)O)CC(=O)N(CC)CC1COc2ccccc2O1. The van der Waals surface area contributed by atoms with Crippen LogP contribution in [0.5, 0.6) is 11.5 Å². The molecule has 7 heteroatoms. The third-order valence-electron chi connectivity index (χ3n) is 3.98. The van der Waals surface area contributed by atoms with Gasteiger partial charge in [0.05, 0.1) is 19.6 Å². The molecule has 0 fully saturated rings. The molecule has 0 radical (unpaired) electrons. The third kappa shape index (κ3) is 5.63. The van der Waals surface area contributed by atoms with Gasteiger partial charge in [-0.15, -0.1) is 0 Å². The van der Waals surface area contributed by atoms with Gasteiger partial charge in [-0.05, 0) is 32.0 Å². The maximum absolute atomic E-state index is 12.6. The molecule has 7 nitrogen and oxygen atoms in total. The highest BCUT2D eigenvalue weighted by atomic mass is 16.6. The second-order valence-corrected chi connectivity index (χ2v) is 6.03. The minimum atomic E-state index is -0.926. The number of ether oxygens (including phenoxy) is 2. The molecule has 2 rings (SSSR count). The molecule has 1 atom stereocenters. The summed E-state index contributed by atoms with van der Waals surface area (Å²) in [6, 6.07) is 7.45. The second kappa shape index (κ2) is 9.27. The fourth-order valence-electron chi connectivity index (χ4n) is 2.82. The first kappa shape index (κ1) is 19.1. The zero-order valence-corrected chi connectivity index (χ0v) is 14.8. The lowest BCUT2D eigenvalue weighted by atomic mass is 10.2. The van der Waals surface area contributed by atoms with E-state index in [9.17, 15) is 9.59 Å². The van der Waals surface area contributed by atoms with Gasteiger partial charge in [-0.1, -0.05) is 19.1 Å². The fourth-order valence-corrected chi connectivity index (χ4v) is 2.82. The predicted octanol–water partition coefficient (Wildman–Crippen LogP) is 1.47. The third-order valence-corrected chi connectivity index (χ3v) is 3.98. The minimum Gasteiger partial charge on any atom is -0.486 e. The molecule has 1 heterocycles. The number of likely N-dealkylation sites (N-methyl/N-ethyl adjacent to an activating group) is 1. The fraction of sp³-hybridized carbons (Fsp3) is 0.556. The molecule has 0 aliphatic carbocycles. The van der Waals surface area contributed by atoms with Crippen molar-refractivity contribution < 1.29 is 24.2 Å². The molecular weight excluding hydrogens is 324 g/mol. The number of amides is 1. The standard InChI is InChI=1S/C18H26N2O5/c1-3-9-19(12-18(22)23)11-17(21)20(4-2)10-14-13-24-15-7-5-6-8-16(15)25-14/h5-8,14H,3-4,9-13H2,1-2H3,(H,22,23). The van der Waals surface area contributed by atoms with E-state index in [1.165, 1.54) is 0 Å². The molecule has 1 N–H and O–H groups in total. The van der Waals surface area contributed by atoms with Crippen molar-refractivity contribution in [2.75, 3.05) is 39.3 Å². The number of carboxylic acids is 1. The summed E-state index contributed by atoms with van der Waals surface area (Å²) in [6.45, 7) is 5.73. The van der Waals surface area contributed by atoms with Crippen LogP contribution in [0.3, 0.4) is 0 Å². The lowest BCUT2D eigenvalue weighted by molar-refractivity contribution is -0.140.